The van der Waals surface area contributed by atoms with E-state index in [9.17, 15) is 4.79 Å². The molecule has 122 valence electrons. The fourth-order valence-corrected chi connectivity index (χ4v) is 4.83. The zero-order chi connectivity index (χ0) is 16.4. The molecular weight excluding hydrogens is 338 g/mol. The van der Waals surface area contributed by atoms with Crippen molar-refractivity contribution in [2.45, 2.75) is 36.1 Å². The summed E-state index contributed by atoms with van der Waals surface area (Å²) in [5.74, 6) is 1.25. The Labute approximate surface area is 148 Å². The van der Waals surface area contributed by atoms with Crippen molar-refractivity contribution in [3.8, 4) is 5.69 Å². The first-order valence-corrected chi connectivity index (χ1v) is 9.78. The van der Waals surface area contributed by atoms with Crippen LogP contribution in [0.3, 0.4) is 0 Å². The maximum Gasteiger partial charge on any atom is 0.196 e. The molecule has 0 aliphatic heterocycles. The van der Waals surface area contributed by atoms with Gasteiger partial charge in [0.15, 0.2) is 5.16 Å². The van der Waals surface area contributed by atoms with Gasteiger partial charge in [0, 0.05) is 23.4 Å². The summed E-state index contributed by atoms with van der Waals surface area (Å²) in [6.07, 6.45) is 3.36. The Kier molecular flexibility index (Phi) is 4.49. The minimum absolute atomic E-state index is 0.0197. The number of thioether (sulfide) groups is 1. The molecule has 0 N–H and O–H groups in total. The van der Waals surface area contributed by atoms with Gasteiger partial charge in [-0.05, 0) is 36.4 Å². The quantitative estimate of drug-likeness (QED) is 0.690. The van der Waals surface area contributed by atoms with Crippen molar-refractivity contribution in [3.63, 3.8) is 0 Å². The Morgan fingerprint density at radius 2 is 2.04 bits per heavy atom. The number of carbonyl (C=O) groups is 1. The number of rotatable bonds is 5. The summed E-state index contributed by atoms with van der Waals surface area (Å²) in [5.41, 5.74) is 1.04. The number of thiophene rings is 1. The highest BCUT2D eigenvalue weighted by molar-refractivity contribution is 8.00. The van der Waals surface area contributed by atoms with Crippen molar-refractivity contribution in [2.75, 3.05) is 0 Å². The first-order chi connectivity index (χ1) is 11.8. The van der Waals surface area contributed by atoms with E-state index in [-0.39, 0.29) is 5.25 Å². The third kappa shape index (κ3) is 3.16. The summed E-state index contributed by atoms with van der Waals surface area (Å²) < 4.78 is 2.09. The van der Waals surface area contributed by atoms with Crippen molar-refractivity contribution in [1.29, 1.82) is 0 Å². The van der Waals surface area contributed by atoms with Crippen LogP contribution < -0.4 is 0 Å². The second-order valence-electron chi connectivity index (χ2n) is 5.79. The van der Waals surface area contributed by atoms with Crippen molar-refractivity contribution in [2.24, 2.45) is 0 Å². The molecule has 0 radical (unpaired) electrons. The van der Waals surface area contributed by atoms with Gasteiger partial charge in [-0.2, -0.15) is 0 Å². The molecule has 24 heavy (non-hydrogen) atoms. The van der Waals surface area contributed by atoms with E-state index < -0.39 is 0 Å². The number of para-hydroxylation sites is 1. The number of benzene rings is 1. The zero-order valence-corrected chi connectivity index (χ0v) is 14.7. The predicted octanol–water partition coefficient (Wildman–Crippen LogP) is 4.13. The van der Waals surface area contributed by atoms with E-state index in [0.717, 1.165) is 35.9 Å². The highest BCUT2D eigenvalue weighted by atomic mass is 32.2. The molecule has 2 aromatic heterocycles. The van der Waals surface area contributed by atoms with Crippen LogP contribution in [0.2, 0.25) is 0 Å². The van der Waals surface area contributed by atoms with E-state index in [1.54, 1.807) is 23.1 Å². The molecule has 1 saturated carbocycles. The van der Waals surface area contributed by atoms with Gasteiger partial charge < -0.3 is 0 Å². The van der Waals surface area contributed by atoms with Crippen LogP contribution in [0.1, 0.15) is 30.0 Å². The maximum absolute atomic E-state index is 12.0. The molecule has 4 rings (SSSR count). The number of Topliss-reactive ketones (excluding diaryl/α,β-unsaturated/α-hetero) is 1. The predicted molar refractivity (Wildman–Crippen MR) is 97.0 cm³/mol. The van der Waals surface area contributed by atoms with Crippen LogP contribution in [-0.2, 0) is 11.2 Å². The number of nitrogens with zero attached hydrogens (tertiary/aromatic N) is 3. The van der Waals surface area contributed by atoms with Crippen LogP contribution in [0.4, 0.5) is 0 Å². The van der Waals surface area contributed by atoms with Gasteiger partial charge >= 0.3 is 0 Å². The molecule has 0 amide bonds. The second-order valence-corrected chi connectivity index (χ2v) is 7.99. The number of hydrogen-bond donors (Lipinski definition) is 0. The number of aromatic nitrogens is 3. The van der Waals surface area contributed by atoms with E-state index in [1.165, 1.54) is 4.88 Å². The Morgan fingerprint density at radius 3 is 2.75 bits per heavy atom. The fourth-order valence-electron chi connectivity index (χ4n) is 2.93. The van der Waals surface area contributed by atoms with Crippen molar-refractivity contribution in [1.82, 2.24) is 14.8 Å². The molecule has 0 saturated heterocycles. The largest absolute Gasteiger partial charge is 0.298 e. The molecule has 1 aliphatic carbocycles. The van der Waals surface area contributed by atoms with Crippen molar-refractivity contribution >= 4 is 28.9 Å². The Morgan fingerprint density at radius 1 is 1.17 bits per heavy atom. The van der Waals surface area contributed by atoms with Crippen molar-refractivity contribution < 1.29 is 4.79 Å². The lowest BCUT2D eigenvalue weighted by atomic mass is 10.3. The average Bonchev–Trinajstić information content (AvgIpc) is 3.33. The summed E-state index contributed by atoms with van der Waals surface area (Å²) in [5, 5.41) is 11.7. The zero-order valence-electron chi connectivity index (χ0n) is 13.1. The van der Waals surface area contributed by atoms with Gasteiger partial charge in [-0.15, -0.1) is 21.5 Å². The SMILES string of the molecule is O=C1CCC[C@H]1Sc1nnc(Cc2cccs2)n1-c1ccccc1. The van der Waals surface area contributed by atoms with Crippen LogP contribution in [0.25, 0.3) is 5.69 Å². The lowest BCUT2D eigenvalue weighted by molar-refractivity contribution is -0.116. The number of ketones is 1. The Bertz CT molecular complexity index is 827. The maximum atomic E-state index is 12.0. The lowest BCUT2D eigenvalue weighted by Crippen LogP contribution is -2.10. The van der Waals surface area contributed by atoms with Gasteiger partial charge in [-0.3, -0.25) is 9.36 Å². The van der Waals surface area contributed by atoms with E-state index >= 15 is 0 Å². The van der Waals surface area contributed by atoms with Crippen molar-refractivity contribution in [3.05, 3.63) is 58.5 Å². The molecular formula is C18H17N3OS2. The minimum atomic E-state index is 0.0197. The van der Waals surface area contributed by atoms with Gasteiger partial charge in [0.05, 0.1) is 5.25 Å². The monoisotopic (exact) mass is 355 g/mol. The standard InChI is InChI=1S/C18H17N3OS2/c22-15-9-4-10-16(15)24-18-20-19-17(12-14-8-5-11-23-14)21(18)13-6-2-1-3-7-13/h1-3,5-8,11,16H,4,9-10,12H2/t16-/m1/s1. The van der Waals surface area contributed by atoms with Crippen LogP contribution in [0, 0.1) is 0 Å². The molecule has 1 fully saturated rings. The van der Waals surface area contributed by atoms with Gasteiger partial charge in [-0.1, -0.05) is 36.0 Å². The topological polar surface area (TPSA) is 47.8 Å². The molecule has 1 aromatic carbocycles. The highest BCUT2D eigenvalue weighted by Gasteiger charge is 2.28. The van der Waals surface area contributed by atoms with Crippen LogP contribution in [-0.4, -0.2) is 25.8 Å². The molecule has 0 unspecified atom stereocenters. The normalized spacial score (nSPS) is 17.5. The van der Waals surface area contributed by atoms with Crippen LogP contribution >= 0.6 is 23.1 Å². The summed E-state index contributed by atoms with van der Waals surface area (Å²) in [7, 11) is 0. The number of carbonyl (C=O) groups excluding carboxylic acids is 1. The highest BCUT2D eigenvalue weighted by Crippen LogP contribution is 2.33. The molecule has 0 spiro atoms. The number of hydrogen-bond acceptors (Lipinski definition) is 5. The van der Waals surface area contributed by atoms with E-state index in [1.807, 2.05) is 18.2 Å². The van der Waals surface area contributed by atoms with Gasteiger partial charge in [0.2, 0.25) is 0 Å². The van der Waals surface area contributed by atoms with E-state index in [0.29, 0.717) is 12.2 Å². The molecule has 6 heteroatoms. The second kappa shape index (κ2) is 6.91. The first-order valence-electron chi connectivity index (χ1n) is 8.03. The Hall–Kier alpha value is -1.92. The van der Waals surface area contributed by atoms with Crippen LogP contribution in [0.15, 0.2) is 53.0 Å². The molecule has 3 aromatic rings. The third-order valence-electron chi connectivity index (χ3n) is 4.12. The molecule has 0 bridgehead atoms. The average molecular weight is 355 g/mol. The molecule has 1 atom stereocenters. The van der Waals surface area contributed by atoms with Crippen LogP contribution in [0.5, 0.6) is 0 Å². The molecule has 1 aliphatic rings. The van der Waals surface area contributed by atoms with Gasteiger partial charge in [0.25, 0.3) is 0 Å². The molecule has 2 heterocycles. The smallest absolute Gasteiger partial charge is 0.196 e. The van der Waals surface area contributed by atoms with E-state index in [4.69, 9.17) is 0 Å². The lowest BCUT2D eigenvalue weighted by Gasteiger charge is -2.12. The van der Waals surface area contributed by atoms with Gasteiger partial charge in [-0.25, -0.2) is 0 Å². The first kappa shape index (κ1) is 15.6. The van der Waals surface area contributed by atoms with Gasteiger partial charge in [0.1, 0.15) is 11.6 Å². The summed E-state index contributed by atoms with van der Waals surface area (Å²) in [4.78, 5) is 13.3. The molecule has 4 nitrogen and oxygen atoms in total. The summed E-state index contributed by atoms with van der Waals surface area (Å²) >= 11 is 3.28. The minimum Gasteiger partial charge on any atom is -0.298 e. The summed E-state index contributed by atoms with van der Waals surface area (Å²) in [6.45, 7) is 0. The van der Waals surface area contributed by atoms with E-state index in [2.05, 4.69) is 44.4 Å². The fraction of sp³-hybridized carbons (Fsp3) is 0.278. The third-order valence-corrected chi connectivity index (χ3v) is 6.26. The summed E-state index contributed by atoms with van der Waals surface area (Å²) in [6, 6.07) is 14.3. The Balaban J connectivity index is 1.70.